The highest BCUT2D eigenvalue weighted by Crippen LogP contribution is 2.23. The van der Waals surface area contributed by atoms with Gasteiger partial charge < -0.3 is 9.47 Å². The number of hydrogen-bond acceptors (Lipinski definition) is 4. The number of esters is 2. The van der Waals surface area contributed by atoms with E-state index in [1.165, 1.54) is 57.8 Å². The van der Waals surface area contributed by atoms with E-state index in [0.717, 1.165) is 30.4 Å². The minimum atomic E-state index is -0.290. The van der Waals surface area contributed by atoms with Crippen LogP contribution in [0.25, 0.3) is 11.1 Å². The number of rotatable bonds is 18. The van der Waals surface area contributed by atoms with Crippen molar-refractivity contribution < 1.29 is 19.1 Å². The minimum Gasteiger partial charge on any atom is -0.462 e. The van der Waals surface area contributed by atoms with E-state index in [-0.39, 0.29) is 11.9 Å². The van der Waals surface area contributed by atoms with Crippen molar-refractivity contribution >= 4 is 11.9 Å². The van der Waals surface area contributed by atoms with E-state index >= 15 is 0 Å². The molecule has 0 bridgehead atoms. The third-order valence-corrected chi connectivity index (χ3v) is 6.45. The van der Waals surface area contributed by atoms with E-state index in [9.17, 15) is 9.59 Å². The summed E-state index contributed by atoms with van der Waals surface area (Å²) < 4.78 is 10.8. The van der Waals surface area contributed by atoms with Crippen LogP contribution in [-0.4, -0.2) is 18.5 Å². The molecule has 0 aliphatic carbocycles. The van der Waals surface area contributed by atoms with E-state index < -0.39 is 0 Å². The lowest BCUT2D eigenvalue weighted by Crippen LogP contribution is -2.08. The van der Waals surface area contributed by atoms with Crippen LogP contribution in [0.1, 0.15) is 115 Å². The van der Waals surface area contributed by atoms with Crippen molar-refractivity contribution in [3.05, 3.63) is 54.1 Å². The van der Waals surface area contributed by atoms with Crippen LogP contribution in [0.4, 0.5) is 0 Å². The largest absolute Gasteiger partial charge is 0.462 e. The zero-order chi connectivity index (χ0) is 26.0. The Kier molecular flexibility index (Phi) is 14.6. The van der Waals surface area contributed by atoms with Crippen LogP contribution in [0.5, 0.6) is 5.75 Å². The van der Waals surface area contributed by atoms with Crippen LogP contribution in [0.15, 0.2) is 48.5 Å². The maximum absolute atomic E-state index is 12.2. The molecule has 0 atom stereocenters. The zero-order valence-electron chi connectivity index (χ0n) is 22.7. The fourth-order valence-corrected chi connectivity index (χ4v) is 4.10. The van der Waals surface area contributed by atoms with Crippen LogP contribution >= 0.6 is 0 Å². The van der Waals surface area contributed by atoms with Crippen LogP contribution in [-0.2, 0) is 9.53 Å². The Bertz CT molecular complexity index is 868. The molecule has 0 aliphatic heterocycles. The second-order valence-corrected chi connectivity index (χ2v) is 10.2. The minimum absolute atomic E-state index is 0.168. The van der Waals surface area contributed by atoms with E-state index in [1.54, 1.807) is 12.1 Å². The number of benzene rings is 2. The molecule has 0 aliphatic rings. The van der Waals surface area contributed by atoms with Gasteiger partial charge in [-0.25, -0.2) is 4.79 Å². The van der Waals surface area contributed by atoms with Crippen molar-refractivity contribution in [2.24, 2.45) is 5.92 Å². The molecule has 4 heteroatoms. The molecule has 36 heavy (non-hydrogen) atoms. The number of ether oxygens (including phenoxy) is 2. The predicted molar refractivity (Wildman–Crippen MR) is 148 cm³/mol. The lowest BCUT2D eigenvalue weighted by atomic mass is 10.0. The Morgan fingerprint density at radius 2 is 1.19 bits per heavy atom. The molecular weight excluding hydrogens is 448 g/mol. The predicted octanol–water partition coefficient (Wildman–Crippen LogP) is 9.16. The highest BCUT2D eigenvalue weighted by Gasteiger charge is 2.09. The molecule has 2 rings (SSSR count). The summed E-state index contributed by atoms with van der Waals surface area (Å²) in [5, 5.41) is 0. The molecular formula is C32H46O4. The summed E-state index contributed by atoms with van der Waals surface area (Å²) in [7, 11) is 0. The van der Waals surface area contributed by atoms with Gasteiger partial charge in [-0.1, -0.05) is 109 Å². The van der Waals surface area contributed by atoms with Crippen molar-refractivity contribution in [2.45, 2.75) is 104 Å². The van der Waals surface area contributed by atoms with Gasteiger partial charge in [0.1, 0.15) is 5.75 Å². The number of carbonyl (C=O) groups excluding carboxylic acids is 2. The number of carbonyl (C=O) groups is 2. The third kappa shape index (κ3) is 12.4. The maximum atomic E-state index is 12.2. The Hall–Kier alpha value is -2.62. The highest BCUT2D eigenvalue weighted by molar-refractivity contribution is 5.90. The monoisotopic (exact) mass is 494 g/mol. The van der Waals surface area contributed by atoms with Crippen LogP contribution < -0.4 is 4.74 Å². The molecule has 198 valence electrons. The first-order chi connectivity index (χ1) is 17.5. The molecule has 0 aromatic heterocycles. The first kappa shape index (κ1) is 29.6. The Morgan fingerprint density at radius 1 is 0.694 bits per heavy atom. The second-order valence-electron chi connectivity index (χ2n) is 10.2. The van der Waals surface area contributed by atoms with Crippen molar-refractivity contribution in [2.75, 3.05) is 6.61 Å². The summed E-state index contributed by atoms with van der Waals surface area (Å²) in [6.45, 7) is 6.91. The molecule has 4 nitrogen and oxygen atoms in total. The lowest BCUT2D eigenvalue weighted by Gasteiger charge is -2.08. The fourth-order valence-electron chi connectivity index (χ4n) is 4.10. The Morgan fingerprint density at radius 3 is 1.72 bits per heavy atom. The summed E-state index contributed by atoms with van der Waals surface area (Å²) in [4.78, 5) is 24.3. The van der Waals surface area contributed by atoms with E-state index in [2.05, 4.69) is 20.8 Å². The van der Waals surface area contributed by atoms with Gasteiger partial charge in [0.2, 0.25) is 0 Å². The van der Waals surface area contributed by atoms with Crippen molar-refractivity contribution in [3.63, 3.8) is 0 Å². The zero-order valence-corrected chi connectivity index (χ0v) is 22.7. The van der Waals surface area contributed by atoms with E-state index in [1.807, 2.05) is 36.4 Å². The van der Waals surface area contributed by atoms with E-state index in [0.29, 0.717) is 30.3 Å². The van der Waals surface area contributed by atoms with Crippen LogP contribution in [0.3, 0.4) is 0 Å². The van der Waals surface area contributed by atoms with Crippen molar-refractivity contribution in [3.8, 4) is 16.9 Å². The average molecular weight is 495 g/mol. The van der Waals surface area contributed by atoms with Gasteiger partial charge in [-0.05, 0) is 54.2 Å². The molecule has 0 spiro atoms. The summed E-state index contributed by atoms with van der Waals surface area (Å²) >= 11 is 0. The quantitative estimate of drug-likeness (QED) is 0.118. The summed E-state index contributed by atoms with van der Waals surface area (Å²) in [6, 6.07) is 14.9. The topological polar surface area (TPSA) is 52.6 Å². The molecule has 0 saturated heterocycles. The fraction of sp³-hybridized carbons (Fsp3) is 0.562. The van der Waals surface area contributed by atoms with Gasteiger partial charge in [-0.3, -0.25) is 4.79 Å². The lowest BCUT2D eigenvalue weighted by molar-refractivity contribution is -0.134. The molecule has 0 amide bonds. The third-order valence-electron chi connectivity index (χ3n) is 6.45. The molecule has 0 N–H and O–H groups in total. The van der Waals surface area contributed by atoms with Crippen LogP contribution in [0, 0.1) is 5.92 Å². The molecule has 2 aromatic carbocycles. The first-order valence-corrected chi connectivity index (χ1v) is 14.1. The van der Waals surface area contributed by atoms with Gasteiger partial charge in [-0.15, -0.1) is 0 Å². The smallest absolute Gasteiger partial charge is 0.338 e. The van der Waals surface area contributed by atoms with Crippen molar-refractivity contribution in [1.82, 2.24) is 0 Å². The molecule has 0 saturated carbocycles. The van der Waals surface area contributed by atoms with Crippen molar-refractivity contribution in [1.29, 1.82) is 0 Å². The second kappa shape index (κ2) is 17.8. The van der Waals surface area contributed by atoms with Gasteiger partial charge in [0.25, 0.3) is 0 Å². The van der Waals surface area contributed by atoms with Gasteiger partial charge in [0.05, 0.1) is 12.2 Å². The maximum Gasteiger partial charge on any atom is 0.338 e. The van der Waals surface area contributed by atoms with Gasteiger partial charge in [0, 0.05) is 6.42 Å². The first-order valence-electron chi connectivity index (χ1n) is 14.1. The van der Waals surface area contributed by atoms with Gasteiger partial charge in [0.15, 0.2) is 0 Å². The highest BCUT2D eigenvalue weighted by atomic mass is 16.5. The summed E-state index contributed by atoms with van der Waals surface area (Å²) in [6.07, 6.45) is 15.2. The molecule has 0 unspecified atom stereocenters. The molecule has 0 heterocycles. The standard InChI is InChI=1S/C32H46O4/c1-4-5-6-7-8-9-10-11-12-13-14-15-31(33)36-30-22-20-28(21-23-30)27-16-18-29(19-17-27)32(34)35-25-24-26(2)3/h16-23,26H,4-15,24-25H2,1-3H3. The average Bonchev–Trinajstić information content (AvgIpc) is 2.87. The normalized spacial score (nSPS) is 11.0. The SMILES string of the molecule is CCCCCCCCCCCCCC(=O)Oc1ccc(-c2ccc(C(=O)OCCC(C)C)cc2)cc1. The summed E-state index contributed by atoms with van der Waals surface area (Å²) in [5.74, 6) is 0.616. The molecule has 0 radical (unpaired) electrons. The molecule has 0 fully saturated rings. The Balaban J connectivity index is 1.64. The van der Waals surface area contributed by atoms with E-state index in [4.69, 9.17) is 9.47 Å². The van der Waals surface area contributed by atoms with Gasteiger partial charge in [-0.2, -0.15) is 0 Å². The van der Waals surface area contributed by atoms with Gasteiger partial charge >= 0.3 is 11.9 Å². The number of unbranched alkanes of at least 4 members (excludes halogenated alkanes) is 10. The van der Waals surface area contributed by atoms with Crippen LogP contribution in [0.2, 0.25) is 0 Å². The number of hydrogen-bond donors (Lipinski definition) is 0. The molecule has 2 aromatic rings. The Labute approximate surface area is 218 Å². The summed E-state index contributed by atoms with van der Waals surface area (Å²) in [5.41, 5.74) is 2.54.